The van der Waals surface area contributed by atoms with E-state index in [0.29, 0.717) is 22.9 Å². The molecule has 8 nitrogen and oxygen atoms in total. The average molecular weight is 433 g/mol. The molecule has 0 aliphatic heterocycles. The summed E-state index contributed by atoms with van der Waals surface area (Å²) in [6.07, 6.45) is 2.80. The highest BCUT2D eigenvalue weighted by Crippen LogP contribution is 2.24. The molecule has 1 unspecified atom stereocenters. The van der Waals surface area contributed by atoms with Gasteiger partial charge in [0.2, 0.25) is 0 Å². The number of hydrogen-bond donors (Lipinski definition) is 2. The molecule has 0 amide bonds. The number of allylic oxidation sites excluding steroid dienone is 4. The highest BCUT2D eigenvalue weighted by molar-refractivity contribution is 8.76. The van der Waals surface area contributed by atoms with E-state index in [9.17, 15) is 19.2 Å². The molecule has 0 aliphatic rings. The van der Waals surface area contributed by atoms with Gasteiger partial charge in [-0.1, -0.05) is 21.6 Å². The Labute approximate surface area is 173 Å². The van der Waals surface area contributed by atoms with E-state index >= 15 is 0 Å². The van der Waals surface area contributed by atoms with Crippen LogP contribution in [-0.4, -0.2) is 61.3 Å². The molecule has 28 heavy (non-hydrogen) atoms. The van der Waals surface area contributed by atoms with Crippen LogP contribution in [0.5, 0.6) is 0 Å². The van der Waals surface area contributed by atoms with E-state index in [1.165, 1.54) is 61.8 Å². The Bertz CT molecular complexity index is 580. The summed E-state index contributed by atoms with van der Waals surface area (Å²) in [6.45, 7) is 6.23. The van der Waals surface area contributed by atoms with Gasteiger partial charge in [0, 0.05) is 22.9 Å². The molecule has 10 heteroatoms. The van der Waals surface area contributed by atoms with E-state index in [1.54, 1.807) is 13.8 Å². The Morgan fingerprint density at radius 1 is 0.750 bits per heavy atom. The highest BCUT2D eigenvalue weighted by atomic mass is 33.1. The Balaban J connectivity index is 4.78. The van der Waals surface area contributed by atoms with Gasteiger partial charge < -0.3 is 20.1 Å². The fourth-order valence-corrected chi connectivity index (χ4v) is 4.39. The van der Waals surface area contributed by atoms with E-state index in [2.05, 4.69) is 10.6 Å². The second-order valence-electron chi connectivity index (χ2n) is 5.89. The Kier molecular flexibility index (Phi) is 13.1. The predicted octanol–water partition coefficient (Wildman–Crippen LogP) is 1.62. The van der Waals surface area contributed by atoms with E-state index in [0.717, 1.165) is 0 Å². The third-order valence-corrected chi connectivity index (χ3v) is 5.59. The smallest absolute Gasteiger partial charge is 0.329 e. The van der Waals surface area contributed by atoms with Crippen LogP contribution in [0.15, 0.2) is 23.5 Å². The van der Waals surface area contributed by atoms with Crippen LogP contribution in [-0.2, 0) is 28.7 Å². The first-order chi connectivity index (χ1) is 13.1. The molecule has 158 valence electrons. The molecule has 0 aliphatic carbocycles. The topological polar surface area (TPSA) is 111 Å². The molecule has 0 spiro atoms. The van der Waals surface area contributed by atoms with Crippen molar-refractivity contribution in [3.63, 3.8) is 0 Å². The molecule has 0 radical (unpaired) electrons. The van der Waals surface area contributed by atoms with Gasteiger partial charge in [0.05, 0.1) is 14.2 Å². The lowest BCUT2D eigenvalue weighted by molar-refractivity contribution is -0.143. The predicted molar refractivity (Wildman–Crippen MR) is 112 cm³/mol. The summed E-state index contributed by atoms with van der Waals surface area (Å²) in [5.41, 5.74) is 1.13. The fourth-order valence-electron chi connectivity index (χ4n) is 2.10. The minimum Gasteiger partial charge on any atom is -0.467 e. The molecule has 0 saturated carbocycles. The molecular weight excluding hydrogens is 404 g/mol. The van der Waals surface area contributed by atoms with Crippen molar-refractivity contribution in [2.45, 2.75) is 39.8 Å². The standard InChI is InChI=1S/C18H28N2O6S2/c1-11(7-13(3)21)19-15(17(23)25-5)9-27-28-10-16(18(24)26-6)20-12(2)8-14(4)22/h7-8,15-16,19-20H,9-10H2,1-6H3/b11-7+,12-8+/t15-,16?/m0/s1. The minimum absolute atomic E-state index is 0.128. The van der Waals surface area contributed by atoms with Crippen LogP contribution in [0.3, 0.4) is 0 Å². The Hall–Kier alpha value is -1.94. The van der Waals surface area contributed by atoms with Crippen LogP contribution < -0.4 is 10.6 Å². The summed E-state index contributed by atoms with van der Waals surface area (Å²) in [5.74, 6) is -0.444. The zero-order chi connectivity index (χ0) is 21.7. The average Bonchev–Trinajstić information content (AvgIpc) is 2.60. The van der Waals surface area contributed by atoms with Gasteiger partial charge in [0.25, 0.3) is 0 Å². The van der Waals surface area contributed by atoms with E-state index in [1.807, 2.05) is 0 Å². The quantitative estimate of drug-likeness (QED) is 0.193. The zero-order valence-electron chi connectivity index (χ0n) is 17.0. The number of nitrogens with one attached hydrogen (secondary N) is 2. The van der Waals surface area contributed by atoms with Crippen molar-refractivity contribution in [1.82, 2.24) is 10.6 Å². The number of rotatable bonds is 13. The van der Waals surface area contributed by atoms with Gasteiger partial charge in [-0.05, 0) is 39.8 Å². The Morgan fingerprint density at radius 2 is 1.07 bits per heavy atom. The summed E-state index contributed by atoms with van der Waals surface area (Å²) in [6, 6.07) is -1.27. The summed E-state index contributed by atoms with van der Waals surface area (Å²) >= 11 is 0. The van der Waals surface area contributed by atoms with Crippen LogP contribution in [0, 0.1) is 0 Å². The SMILES string of the molecule is COC(=O)C(CSSC[C@H](N/C(C)=C/C(C)=O)C(=O)OC)N/C(C)=C/C(C)=O. The number of esters is 2. The summed E-state index contributed by atoms with van der Waals surface area (Å²) in [7, 11) is 5.32. The van der Waals surface area contributed by atoms with Crippen LogP contribution in [0.25, 0.3) is 0 Å². The third-order valence-electron chi connectivity index (χ3n) is 3.17. The lowest BCUT2D eigenvalue weighted by atomic mass is 10.3. The molecule has 0 fully saturated rings. The molecule has 2 atom stereocenters. The fraction of sp³-hybridized carbons (Fsp3) is 0.556. The largest absolute Gasteiger partial charge is 0.467 e. The second-order valence-corrected chi connectivity index (χ2v) is 8.44. The zero-order valence-corrected chi connectivity index (χ0v) is 18.6. The van der Waals surface area contributed by atoms with Gasteiger partial charge >= 0.3 is 11.9 Å². The van der Waals surface area contributed by atoms with Crippen molar-refractivity contribution in [2.75, 3.05) is 25.7 Å². The first-order valence-corrected chi connectivity index (χ1v) is 10.9. The van der Waals surface area contributed by atoms with Crippen LogP contribution in [0.1, 0.15) is 27.7 Å². The van der Waals surface area contributed by atoms with Gasteiger partial charge in [-0.25, -0.2) is 9.59 Å². The maximum Gasteiger partial charge on any atom is 0.329 e. The van der Waals surface area contributed by atoms with Crippen molar-refractivity contribution in [3.05, 3.63) is 23.5 Å². The lowest BCUT2D eigenvalue weighted by Gasteiger charge is -2.19. The maximum absolute atomic E-state index is 11.9. The number of hydrogen-bond acceptors (Lipinski definition) is 10. The van der Waals surface area contributed by atoms with Crippen LogP contribution in [0.2, 0.25) is 0 Å². The monoisotopic (exact) mass is 432 g/mol. The molecule has 2 N–H and O–H groups in total. The summed E-state index contributed by atoms with van der Waals surface area (Å²) in [5, 5.41) is 5.91. The van der Waals surface area contributed by atoms with E-state index in [4.69, 9.17) is 9.47 Å². The number of carbonyl (C=O) groups excluding carboxylic acids is 4. The first kappa shape index (κ1) is 26.1. The van der Waals surface area contributed by atoms with Gasteiger partial charge in [0.1, 0.15) is 12.1 Å². The van der Waals surface area contributed by atoms with Gasteiger partial charge in [0.15, 0.2) is 11.6 Å². The van der Waals surface area contributed by atoms with Crippen molar-refractivity contribution < 1.29 is 28.7 Å². The normalized spacial score (nSPS) is 13.9. The molecule has 0 heterocycles. The van der Waals surface area contributed by atoms with Crippen LogP contribution >= 0.6 is 21.6 Å². The van der Waals surface area contributed by atoms with Crippen molar-refractivity contribution in [3.8, 4) is 0 Å². The van der Waals surface area contributed by atoms with Crippen molar-refractivity contribution >= 4 is 45.1 Å². The first-order valence-electron chi connectivity index (χ1n) is 8.41. The minimum atomic E-state index is -0.637. The summed E-state index contributed by atoms with van der Waals surface area (Å²) in [4.78, 5) is 46.1. The second kappa shape index (κ2) is 14.1. The molecule has 0 aromatic heterocycles. The van der Waals surface area contributed by atoms with E-state index < -0.39 is 24.0 Å². The summed E-state index contributed by atoms with van der Waals surface area (Å²) < 4.78 is 9.56. The number of carbonyl (C=O) groups is 4. The maximum atomic E-state index is 11.9. The highest BCUT2D eigenvalue weighted by Gasteiger charge is 2.22. The molecule has 0 rings (SSSR count). The number of ether oxygens (including phenoxy) is 2. The molecule has 0 bridgehead atoms. The molecular formula is C18H28N2O6S2. The number of methoxy groups -OCH3 is 2. The number of ketones is 2. The third kappa shape index (κ3) is 11.7. The van der Waals surface area contributed by atoms with Gasteiger partial charge in [-0.15, -0.1) is 0 Å². The van der Waals surface area contributed by atoms with Gasteiger partial charge in [-0.2, -0.15) is 0 Å². The lowest BCUT2D eigenvalue weighted by Crippen LogP contribution is -2.39. The van der Waals surface area contributed by atoms with Crippen molar-refractivity contribution in [2.24, 2.45) is 0 Å². The van der Waals surface area contributed by atoms with Crippen molar-refractivity contribution in [1.29, 1.82) is 0 Å². The molecule has 0 aromatic rings. The van der Waals surface area contributed by atoms with E-state index in [-0.39, 0.29) is 11.6 Å². The van der Waals surface area contributed by atoms with Gasteiger partial charge in [-0.3, -0.25) is 9.59 Å². The molecule has 0 aromatic carbocycles. The molecule has 0 saturated heterocycles. The van der Waals surface area contributed by atoms with Crippen LogP contribution in [0.4, 0.5) is 0 Å². The Morgan fingerprint density at radius 3 is 1.32 bits per heavy atom.